The van der Waals surface area contributed by atoms with Crippen molar-refractivity contribution in [1.29, 1.82) is 0 Å². The van der Waals surface area contributed by atoms with E-state index in [0.717, 1.165) is 36.4 Å². The molecule has 0 radical (unpaired) electrons. The van der Waals surface area contributed by atoms with Crippen LogP contribution >= 0.6 is 0 Å². The molecule has 1 saturated carbocycles. The molecular weight excluding hydrogens is 526 g/mol. The molecule has 1 saturated heterocycles. The molecule has 0 aromatic carbocycles. The third-order valence-electron chi connectivity index (χ3n) is 13.0. The van der Waals surface area contributed by atoms with Crippen molar-refractivity contribution < 1.29 is 9.53 Å². The molecule has 3 nitrogen and oxygen atoms in total. The third kappa shape index (κ3) is 9.34. The van der Waals surface area contributed by atoms with Crippen LogP contribution in [0.2, 0.25) is 0 Å². The Morgan fingerprint density at radius 1 is 0.953 bits per heavy atom. The van der Waals surface area contributed by atoms with E-state index in [4.69, 9.17) is 4.74 Å². The first kappa shape index (κ1) is 37.8. The van der Waals surface area contributed by atoms with E-state index >= 15 is 0 Å². The predicted octanol–water partition coefficient (Wildman–Crippen LogP) is 10.5. The standard InChI is InChI=1S/C40H71NO2/c1-17-35(37-21-26(6)43-40(37)33(13)31(11)29(9)27(7)23(2)3)22-39(42)32(12)30(10)28(8)25(5)20-36-18-24(4)19-38(34(36)14)41(15)16/h24-25,27-30,32-38,40H,2,6,11,17-22H2,1,3-5,7-10,12-16H3. The lowest BCUT2D eigenvalue weighted by Gasteiger charge is -2.44. The molecule has 0 spiro atoms. The van der Waals surface area contributed by atoms with Gasteiger partial charge in [-0.25, -0.2) is 0 Å². The van der Waals surface area contributed by atoms with Gasteiger partial charge in [-0.15, -0.1) is 0 Å². The first-order valence-electron chi connectivity index (χ1n) is 17.8. The van der Waals surface area contributed by atoms with Crippen molar-refractivity contribution in [2.24, 2.45) is 71.0 Å². The quantitative estimate of drug-likeness (QED) is 0.166. The Balaban J connectivity index is 2.07. The fraction of sp³-hybridized carbons (Fsp3) is 0.825. The molecule has 2 fully saturated rings. The molecule has 1 heterocycles. The van der Waals surface area contributed by atoms with Crippen LogP contribution in [0.15, 0.2) is 36.6 Å². The van der Waals surface area contributed by atoms with Gasteiger partial charge in [-0.05, 0) is 93.5 Å². The van der Waals surface area contributed by atoms with Crippen molar-refractivity contribution in [2.75, 3.05) is 14.1 Å². The van der Waals surface area contributed by atoms with Gasteiger partial charge >= 0.3 is 0 Å². The van der Waals surface area contributed by atoms with Gasteiger partial charge in [0.2, 0.25) is 0 Å². The highest BCUT2D eigenvalue weighted by atomic mass is 16.5. The summed E-state index contributed by atoms with van der Waals surface area (Å²) in [7, 11) is 4.50. The number of hydrogen-bond acceptors (Lipinski definition) is 3. The van der Waals surface area contributed by atoms with E-state index < -0.39 is 0 Å². The first-order chi connectivity index (χ1) is 19.9. The van der Waals surface area contributed by atoms with Crippen LogP contribution in [0.25, 0.3) is 0 Å². The molecule has 0 bridgehead atoms. The van der Waals surface area contributed by atoms with E-state index in [-0.39, 0.29) is 17.9 Å². The van der Waals surface area contributed by atoms with Gasteiger partial charge in [0.15, 0.2) is 0 Å². The summed E-state index contributed by atoms with van der Waals surface area (Å²) in [5.41, 5.74) is 2.42. The zero-order valence-corrected chi connectivity index (χ0v) is 30.7. The van der Waals surface area contributed by atoms with Crippen molar-refractivity contribution in [1.82, 2.24) is 4.90 Å². The monoisotopic (exact) mass is 598 g/mol. The summed E-state index contributed by atoms with van der Waals surface area (Å²) >= 11 is 0. The lowest BCUT2D eigenvalue weighted by molar-refractivity contribution is -0.126. The van der Waals surface area contributed by atoms with Crippen LogP contribution in [0, 0.1) is 71.0 Å². The molecule has 2 rings (SSSR count). The fourth-order valence-corrected chi connectivity index (χ4v) is 8.75. The zero-order chi connectivity index (χ0) is 32.9. The number of carbonyl (C=O) groups is 1. The van der Waals surface area contributed by atoms with Crippen molar-refractivity contribution in [3.63, 3.8) is 0 Å². The summed E-state index contributed by atoms with van der Waals surface area (Å²) in [5.74, 6) is 6.67. The average Bonchev–Trinajstić information content (AvgIpc) is 3.35. The maximum absolute atomic E-state index is 13.9. The van der Waals surface area contributed by atoms with Crippen LogP contribution in [0.5, 0.6) is 0 Å². The number of carbonyl (C=O) groups excluding carboxylic acids is 1. The van der Waals surface area contributed by atoms with E-state index in [1.165, 1.54) is 30.4 Å². The van der Waals surface area contributed by atoms with Gasteiger partial charge in [0.1, 0.15) is 11.9 Å². The summed E-state index contributed by atoms with van der Waals surface area (Å²) in [6.07, 6.45) is 6.44. The van der Waals surface area contributed by atoms with Gasteiger partial charge in [-0.3, -0.25) is 4.79 Å². The van der Waals surface area contributed by atoms with Crippen molar-refractivity contribution in [2.45, 2.75) is 127 Å². The minimum Gasteiger partial charge on any atom is -0.494 e. The van der Waals surface area contributed by atoms with Gasteiger partial charge in [-0.1, -0.05) is 107 Å². The van der Waals surface area contributed by atoms with Crippen LogP contribution in [0.1, 0.15) is 115 Å². The molecule has 248 valence electrons. The van der Waals surface area contributed by atoms with Gasteiger partial charge in [0.25, 0.3) is 0 Å². The smallest absolute Gasteiger partial charge is 0.136 e. The summed E-state index contributed by atoms with van der Waals surface area (Å²) in [4.78, 5) is 16.4. The maximum atomic E-state index is 13.9. The Bertz CT molecular complexity index is 950. The number of hydrogen-bond donors (Lipinski definition) is 0. The third-order valence-corrected chi connectivity index (χ3v) is 13.0. The second-order valence-electron chi connectivity index (χ2n) is 16.1. The number of Topliss-reactive ketones (excluding diaryl/α,β-unsaturated/α-hetero) is 1. The van der Waals surface area contributed by atoms with E-state index in [1.54, 1.807) is 0 Å². The second kappa shape index (κ2) is 16.3. The minimum atomic E-state index is 0.0371. The Morgan fingerprint density at radius 3 is 2.09 bits per heavy atom. The number of allylic oxidation sites excluding steroid dienone is 2. The average molecular weight is 598 g/mol. The molecule has 43 heavy (non-hydrogen) atoms. The Labute approximate surface area is 268 Å². The maximum Gasteiger partial charge on any atom is 0.136 e. The Hall–Kier alpha value is -1.35. The SMILES string of the molecule is C=C1CC(C(CC)CC(=O)C(C)C(C)C(C)C(C)CC2CC(C)CC(N(C)C)C2C)C(C(C)C(=C)C(C)C(C)C(=C)C)O1. The largest absolute Gasteiger partial charge is 0.494 e. The van der Waals surface area contributed by atoms with E-state index in [0.29, 0.717) is 59.7 Å². The summed E-state index contributed by atoms with van der Waals surface area (Å²) in [6.45, 7) is 38.4. The molecule has 1 aliphatic heterocycles. The molecule has 1 aliphatic carbocycles. The number of ketones is 1. The zero-order valence-electron chi connectivity index (χ0n) is 30.7. The fourth-order valence-electron chi connectivity index (χ4n) is 8.75. The number of ether oxygens (including phenoxy) is 1. The molecule has 14 unspecified atom stereocenters. The van der Waals surface area contributed by atoms with Crippen molar-refractivity contribution in [3.05, 3.63) is 36.6 Å². The molecule has 3 heteroatoms. The predicted molar refractivity (Wildman–Crippen MR) is 187 cm³/mol. The highest BCUT2D eigenvalue weighted by Crippen LogP contribution is 2.45. The molecule has 0 aromatic rings. The second-order valence-corrected chi connectivity index (χ2v) is 16.1. The van der Waals surface area contributed by atoms with Gasteiger partial charge in [0, 0.05) is 36.6 Å². The Morgan fingerprint density at radius 2 is 1.56 bits per heavy atom. The molecular formula is C40H71NO2. The lowest BCUT2D eigenvalue weighted by atomic mass is 9.66. The highest BCUT2D eigenvalue weighted by Gasteiger charge is 2.43. The van der Waals surface area contributed by atoms with Gasteiger partial charge < -0.3 is 9.64 Å². The lowest BCUT2D eigenvalue weighted by Crippen LogP contribution is -2.43. The van der Waals surface area contributed by atoms with E-state index in [1.807, 2.05) is 0 Å². The molecule has 0 N–H and O–H groups in total. The summed E-state index contributed by atoms with van der Waals surface area (Å²) in [6, 6.07) is 0.678. The highest BCUT2D eigenvalue weighted by molar-refractivity contribution is 5.81. The first-order valence-corrected chi connectivity index (χ1v) is 17.8. The molecule has 2 aliphatic rings. The summed E-state index contributed by atoms with van der Waals surface area (Å²) < 4.78 is 6.41. The number of rotatable bonds is 16. The van der Waals surface area contributed by atoms with E-state index in [2.05, 4.69) is 115 Å². The Kier molecular flexibility index (Phi) is 14.3. The van der Waals surface area contributed by atoms with Crippen LogP contribution in [0.3, 0.4) is 0 Å². The van der Waals surface area contributed by atoms with Gasteiger partial charge in [0.05, 0.1) is 5.76 Å². The normalized spacial score (nSPS) is 31.8. The van der Waals surface area contributed by atoms with Crippen molar-refractivity contribution in [3.8, 4) is 0 Å². The minimum absolute atomic E-state index is 0.0371. The van der Waals surface area contributed by atoms with Crippen molar-refractivity contribution >= 4 is 5.78 Å². The summed E-state index contributed by atoms with van der Waals surface area (Å²) in [5, 5.41) is 0. The van der Waals surface area contributed by atoms with Crippen LogP contribution < -0.4 is 0 Å². The molecule has 0 aromatic heterocycles. The van der Waals surface area contributed by atoms with Crippen LogP contribution in [-0.4, -0.2) is 36.9 Å². The molecule has 14 atom stereocenters. The van der Waals surface area contributed by atoms with Crippen LogP contribution in [0.4, 0.5) is 0 Å². The van der Waals surface area contributed by atoms with Crippen LogP contribution in [-0.2, 0) is 9.53 Å². The van der Waals surface area contributed by atoms with Gasteiger partial charge in [-0.2, -0.15) is 0 Å². The number of nitrogens with zero attached hydrogens (tertiary/aromatic N) is 1. The molecule has 0 amide bonds. The topological polar surface area (TPSA) is 29.5 Å². The van der Waals surface area contributed by atoms with E-state index in [9.17, 15) is 4.79 Å².